The Morgan fingerprint density at radius 3 is 2.38 bits per heavy atom. The summed E-state index contributed by atoms with van der Waals surface area (Å²) in [4.78, 5) is 12.7. The van der Waals surface area contributed by atoms with Gasteiger partial charge in [0, 0.05) is 12.5 Å². The Kier molecular flexibility index (Phi) is 4.33. The first-order valence-electron chi connectivity index (χ1n) is 6.70. The summed E-state index contributed by atoms with van der Waals surface area (Å²) in [7, 11) is 1.82. The van der Waals surface area contributed by atoms with Gasteiger partial charge >= 0.3 is 0 Å². The average Bonchev–Trinajstić information content (AvgIpc) is 2.65. The minimum atomic E-state index is -0.675. The number of halogens is 2. The third kappa shape index (κ3) is 3.07. The lowest BCUT2D eigenvalue weighted by Gasteiger charge is -2.24. The fraction of sp³-hybridized carbons (Fsp3) is 0.375. The number of rotatable bonds is 4. The fourth-order valence-electron chi connectivity index (χ4n) is 2.27. The molecule has 1 aromatic carbocycles. The largest absolute Gasteiger partial charge is 0.298 e. The Hall–Kier alpha value is -1.49. The topological polar surface area (TPSA) is 34.9 Å². The van der Waals surface area contributed by atoms with Gasteiger partial charge in [0.1, 0.15) is 11.6 Å². The summed E-state index contributed by atoms with van der Waals surface area (Å²) < 4.78 is 15.6. The van der Waals surface area contributed by atoms with E-state index in [1.165, 1.54) is 12.1 Å². The molecule has 1 aromatic heterocycles. The second-order valence-electron chi connectivity index (χ2n) is 5.70. The molecule has 0 saturated heterocycles. The summed E-state index contributed by atoms with van der Waals surface area (Å²) in [6, 6.07) is 6.09. The van der Waals surface area contributed by atoms with E-state index in [1.54, 1.807) is 16.8 Å². The van der Waals surface area contributed by atoms with Crippen LogP contribution in [0.1, 0.15) is 30.8 Å². The van der Waals surface area contributed by atoms with Crippen LogP contribution < -0.4 is 0 Å². The van der Waals surface area contributed by atoms with Crippen molar-refractivity contribution in [1.82, 2.24) is 9.78 Å². The highest BCUT2D eigenvalue weighted by Crippen LogP contribution is 2.28. The summed E-state index contributed by atoms with van der Waals surface area (Å²) in [6.45, 7) is 5.61. The van der Waals surface area contributed by atoms with Crippen molar-refractivity contribution in [3.63, 3.8) is 0 Å². The van der Waals surface area contributed by atoms with Crippen molar-refractivity contribution in [3.05, 3.63) is 51.5 Å². The van der Waals surface area contributed by atoms with Gasteiger partial charge in [-0.3, -0.25) is 9.48 Å². The number of benzene rings is 1. The van der Waals surface area contributed by atoms with E-state index in [1.807, 2.05) is 27.8 Å². The number of ketones is 1. The predicted molar refractivity (Wildman–Crippen MR) is 83.8 cm³/mol. The highest BCUT2D eigenvalue weighted by Gasteiger charge is 2.31. The number of aryl methyl sites for hydroxylation is 2. The van der Waals surface area contributed by atoms with Gasteiger partial charge in [0.15, 0.2) is 0 Å². The van der Waals surface area contributed by atoms with Crippen LogP contribution in [0, 0.1) is 12.7 Å². The van der Waals surface area contributed by atoms with Gasteiger partial charge in [-0.1, -0.05) is 12.1 Å². The zero-order chi connectivity index (χ0) is 15.8. The van der Waals surface area contributed by atoms with Gasteiger partial charge < -0.3 is 0 Å². The molecule has 5 heteroatoms. The molecule has 2 rings (SSSR count). The molecule has 2 aromatic rings. The third-order valence-corrected chi connectivity index (χ3v) is 4.88. The monoisotopic (exact) mass is 352 g/mol. The van der Waals surface area contributed by atoms with E-state index in [-0.39, 0.29) is 18.0 Å². The molecular weight excluding hydrogens is 335 g/mol. The predicted octanol–water partition coefficient (Wildman–Crippen LogP) is 3.72. The Bertz CT molecular complexity index is 674. The van der Waals surface area contributed by atoms with E-state index in [2.05, 4.69) is 21.0 Å². The van der Waals surface area contributed by atoms with Crippen molar-refractivity contribution >= 4 is 21.7 Å². The van der Waals surface area contributed by atoms with Gasteiger partial charge in [-0.25, -0.2) is 4.39 Å². The van der Waals surface area contributed by atoms with Gasteiger partial charge in [-0.2, -0.15) is 5.10 Å². The lowest BCUT2D eigenvalue weighted by Crippen LogP contribution is -2.31. The van der Waals surface area contributed by atoms with Gasteiger partial charge in [-0.15, -0.1) is 0 Å². The molecule has 3 nitrogen and oxygen atoms in total. The molecule has 0 fully saturated rings. The van der Waals surface area contributed by atoms with Crippen LogP contribution in [0.3, 0.4) is 0 Å². The number of carbonyl (C=O) groups excluding carboxylic acids is 1. The standard InChI is InChI=1S/C16H18BrFN2O/c1-10-15(17)13(20(4)19-10)9-14(21)16(2,3)11-5-7-12(18)8-6-11/h5-8H,9H2,1-4H3. The molecule has 0 aliphatic heterocycles. The first-order chi connectivity index (χ1) is 9.73. The van der Waals surface area contributed by atoms with Crippen LogP contribution in [0.25, 0.3) is 0 Å². The second-order valence-corrected chi connectivity index (χ2v) is 6.49. The van der Waals surface area contributed by atoms with Crippen molar-refractivity contribution in [2.45, 2.75) is 32.6 Å². The molecule has 21 heavy (non-hydrogen) atoms. The second kappa shape index (κ2) is 5.72. The van der Waals surface area contributed by atoms with Crippen LogP contribution in [0.2, 0.25) is 0 Å². The highest BCUT2D eigenvalue weighted by atomic mass is 79.9. The van der Waals surface area contributed by atoms with Crippen LogP contribution in [-0.2, 0) is 23.7 Å². The molecule has 1 heterocycles. The van der Waals surface area contributed by atoms with E-state index in [9.17, 15) is 9.18 Å². The van der Waals surface area contributed by atoms with Crippen molar-refractivity contribution in [2.24, 2.45) is 7.05 Å². The van der Waals surface area contributed by atoms with E-state index in [4.69, 9.17) is 0 Å². The smallest absolute Gasteiger partial charge is 0.148 e. The molecule has 0 saturated carbocycles. The molecular formula is C16H18BrFN2O. The lowest BCUT2D eigenvalue weighted by atomic mass is 9.79. The van der Waals surface area contributed by atoms with Gasteiger partial charge in [-0.05, 0) is 54.4 Å². The van der Waals surface area contributed by atoms with Crippen LogP contribution >= 0.6 is 15.9 Å². The molecule has 0 unspecified atom stereocenters. The number of hydrogen-bond donors (Lipinski definition) is 0. The highest BCUT2D eigenvalue weighted by molar-refractivity contribution is 9.10. The average molecular weight is 353 g/mol. The van der Waals surface area contributed by atoms with Crippen molar-refractivity contribution < 1.29 is 9.18 Å². The van der Waals surface area contributed by atoms with Gasteiger partial charge in [0.05, 0.1) is 22.3 Å². The maximum absolute atomic E-state index is 13.0. The van der Waals surface area contributed by atoms with E-state index < -0.39 is 5.41 Å². The summed E-state index contributed by atoms with van der Waals surface area (Å²) in [5, 5.41) is 4.30. The molecule has 0 aliphatic rings. The van der Waals surface area contributed by atoms with Crippen molar-refractivity contribution in [1.29, 1.82) is 0 Å². The number of aromatic nitrogens is 2. The van der Waals surface area contributed by atoms with E-state index in [0.717, 1.165) is 21.4 Å². The van der Waals surface area contributed by atoms with Gasteiger partial charge in [0.25, 0.3) is 0 Å². The number of Topliss-reactive ketones (excluding diaryl/α,β-unsaturated/α-hetero) is 1. The van der Waals surface area contributed by atoms with Gasteiger partial charge in [0.2, 0.25) is 0 Å². The molecule has 0 bridgehead atoms. The summed E-state index contributed by atoms with van der Waals surface area (Å²) >= 11 is 3.48. The van der Waals surface area contributed by atoms with Crippen molar-refractivity contribution in [3.8, 4) is 0 Å². The Labute approximate surface area is 132 Å². The molecule has 112 valence electrons. The summed E-state index contributed by atoms with van der Waals surface area (Å²) in [5.41, 5.74) is 1.85. The summed E-state index contributed by atoms with van der Waals surface area (Å²) in [5.74, 6) is -0.232. The first kappa shape index (κ1) is 15.9. The number of carbonyl (C=O) groups is 1. The molecule has 0 radical (unpaired) electrons. The molecule has 0 spiro atoms. The zero-order valence-electron chi connectivity index (χ0n) is 12.6. The van der Waals surface area contributed by atoms with Crippen LogP contribution in [-0.4, -0.2) is 15.6 Å². The third-order valence-electron chi connectivity index (χ3n) is 3.85. The van der Waals surface area contributed by atoms with Crippen LogP contribution in [0.15, 0.2) is 28.7 Å². The minimum Gasteiger partial charge on any atom is -0.298 e. The lowest BCUT2D eigenvalue weighted by molar-refractivity contribution is -0.122. The van der Waals surface area contributed by atoms with Crippen LogP contribution in [0.5, 0.6) is 0 Å². The maximum atomic E-state index is 13.0. The first-order valence-corrected chi connectivity index (χ1v) is 7.50. The van der Waals surface area contributed by atoms with Crippen molar-refractivity contribution in [2.75, 3.05) is 0 Å². The molecule has 0 aliphatic carbocycles. The quantitative estimate of drug-likeness (QED) is 0.840. The minimum absolute atomic E-state index is 0.0674. The molecule has 0 amide bonds. The van der Waals surface area contributed by atoms with E-state index in [0.29, 0.717) is 0 Å². The van der Waals surface area contributed by atoms with E-state index >= 15 is 0 Å². The molecule has 0 N–H and O–H groups in total. The number of hydrogen-bond acceptors (Lipinski definition) is 2. The summed E-state index contributed by atoms with van der Waals surface area (Å²) in [6.07, 6.45) is 0.280. The maximum Gasteiger partial charge on any atom is 0.148 e. The fourth-order valence-corrected chi connectivity index (χ4v) is 2.75. The molecule has 0 atom stereocenters. The normalized spacial score (nSPS) is 11.7. The Balaban J connectivity index is 2.28. The number of nitrogens with zero attached hydrogens (tertiary/aromatic N) is 2. The Morgan fingerprint density at radius 1 is 1.33 bits per heavy atom. The Morgan fingerprint density at radius 2 is 1.90 bits per heavy atom. The van der Waals surface area contributed by atoms with Crippen LogP contribution in [0.4, 0.5) is 4.39 Å². The SMILES string of the molecule is Cc1nn(C)c(CC(=O)C(C)(C)c2ccc(F)cc2)c1Br. The zero-order valence-corrected chi connectivity index (χ0v) is 14.2.